The molecule has 0 radical (unpaired) electrons. The van der Waals surface area contributed by atoms with Crippen molar-refractivity contribution < 1.29 is 4.98 Å². The van der Waals surface area contributed by atoms with Gasteiger partial charge in [0.1, 0.15) is 5.82 Å². The van der Waals surface area contributed by atoms with Gasteiger partial charge in [-0.1, -0.05) is 42.5 Å². The minimum atomic E-state index is 0.462. The molecule has 4 rings (SSSR count). The van der Waals surface area contributed by atoms with Gasteiger partial charge in [0.05, 0.1) is 11.0 Å². The van der Waals surface area contributed by atoms with E-state index in [2.05, 4.69) is 40.1 Å². The van der Waals surface area contributed by atoms with E-state index < -0.39 is 0 Å². The van der Waals surface area contributed by atoms with Crippen LogP contribution in [0.15, 0.2) is 84.2 Å². The van der Waals surface area contributed by atoms with Crippen LogP contribution in [0, 0.1) is 6.92 Å². The second-order valence-electron chi connectivity index (χ2n) is 7.20. The smallest absolute Gasteiger partial charge is 0.220 e. The lowest BCUT2D eigenvalue weighted by molar-refractivity contribution is -0.379. The van der Waals surface area contributed by atoms with Gasteiger partial charge < -0.3 is 16.0 Å². The summed E-state index contributed by atoms with van der Waals surface area (Å²) in [5.74, 6) is 0.879. The first-order valence-electron chi connectivity index (χ1n) is 9.75. The molecule has 0 unspecified atom stereocenters. The number of nitrogens with two attached hydrogens (primary N) is 1. The number of aromatic amines is 2. The first-order valence-corrected chi connectivity index (χ1v) is 10.1. The van der Waals surface area contributed by atoms with Crippen LogP contribution in [0.1, 0.15) is 18.2 Å². The highest BCUT2D eigenvalue weighted by molar-refractivity contribution is 6.37. The molecule has 0 amide bonds. The number of rotatable bonds is 5. The molecule has 0 atom stereocenters. The maximum atomic E-state index is 6.43. The second kappa shape index (κ2) is 8.09. The average molecular weight is 416 g/mol. The van der Waals surface area contributed by atoms with Gasteiger partial charge in [0.2, 0.25) is 5.69 Å². The normalized spacial score (nSPS) is 12.5. The summed E-state index contributed by atoms with van der Waals surface area (Å²) in [4.78, 5) is 6.73. The summed E-state index contributed by atoms with van der Waals surface area (Å²) in [7, 11) is 0. The largest absolute Gasteiger partial charge is 0.398 e. The van der Waals surface area contributed by atoms with E-state index in [9.17, 15) is 0 Å². The lowest BCUT2D eigenvalue weighted by Crippen LogP contribution is -2.11. The molecule has 0 fully saturated rings. The molecule has 0 aliphatic carbocycles. The van der Waals surface area contributed by atoms with Crippen molar-refractivity contribution in [2.24, 2.45) is 0 Å². The van der Waals surface area contributed by atoms with Gasteiger partial charge in [0.15, 0.2) is 6.20 Å². The minimum absolute atomic E-state index is 0.462. The highest BCUT2D eigenvalue weighted by atomic mass is 35.5. The molecular weight excluding hydrogens is 392 g/mol. The predicted octanol–water partition coefficient (Wildman–Crippen LogP) is 6.18. The number of anilines is 2. The summed E-state index contributed by atoms with van der Waals surface area (Å²) in [6.07, 6.45) is 5.91. The maximum Gasteiger partial charge on any atom is 0.220 e. The molecule has 0 saturated heterocycles. The number of allylic oxidation sites excluding steroid dienone is 4. The summed E-state index contributed by atoms with van der Waals surface area (Å²) in [6.45, 7) is 7.99. The van der Waals surface area contributed by atoms with Crippen LogP contribution in [0.3, 0.4) is 0 Å². The van der Waals surface area contributed by atoms with Gasteiger partial charge in [0, 0.05) is 33.4 Å². The van der Waals surface area contributed by atoms with Gasteiger partial charge in [-0.2, -0.15) is 0 Å². The summed E-state index contributed by atoms with van der Waals surface area (Å²) < 4.78 is 0. The summed E-state index contributed by atoms with van der Waals surface area (Å²) >= 11 is 6.43. The zero-order valence-corrected chi connectivity index (χ0v) is 17.8. The van der Waals surface area contributed by atoms with Crippen LogP contribution >= 0.6 is 11.6 Å². The van der Waals surface area contributed by atoms with E-state index >= 15 is 0 Å². The monoisotopic (exact) mass is 415 g/mol. The van der Waals surface area contributed by atoms with E-state index in [-0.39, 0.29) is 0 Å². The Balaban J connectivity index is 1.74. The molecule has 2 heterocycles. The fourth-order valence-corrected chi connectivity index (χ4v) is 3.76. The SMILES string of the molecule is C=C(Cl)C(=CC(=CC)Nc1cc2c(C)c(N)ccc2[nH]1)c1[nH+]ccc2ccccc12. The third-order valence-electron chi connectivity index (χ3n) is 5.29. The quantitative estimate of drug-likeness (QED) is 0.269. The number of H-pyrrole nitrogens is 2. The highest BCUT2D eigenvalue weighted by Gasteiger charge is 2.16. The third kappa shape index (κ3) is 3.70. The minimum Gasteiger partial charge on any atom is -0.398 e. The molecule has 150 valence electrons. The standard InChI is InChI=1S/C25H23ClN4/c1-4-18(29-24-14-20-15(2)22(27)9-10-23(20)30-24)13-21(16(3)26)25-19-8-6-5-7-17(19)11-12-28-25/h4-14,29-30H,3,27H2,1-2H3/p+1. The number of hydrogen-bond donors (Lipinski definition) is 3. The molecule has 5 heteroatoms. The van der Waals surface area contributed by atoms with Crippen LogP contribution in [0.2, 0.25) is 0 Å². The van der Waals surface area contributed by atoms with E-state index in [4.69, 9.17) is 17.3 Å². The van der Waals surface area contributed by atoms with Crippen LogP contribution in [0.25, 0.3) is 27.2 Å². The summed E-state index contributed by atoms with van der Waals surface area (Å²) in [5, 5.41) is 7.22. The molecule has 0 aliphatic heterocycles. The van der Waals surface area contributed by atoms with Crippen molar-refractivity contribution in [1.82, 2.24) is 4.98 Å². The summed E-state index contributed by atoms with van der Waals surface area (Å²) in [5.41, 5.74) is 11.6. The topological polar surface area (TPSA) is 68.0 Å². The lowest BCUT2D eigenvalue weighted by atomic mass is 10.0. The van der Waals surface area contributed by atoms with E-state index in [1.54, 1.807) is 0 Å². The van der Waals surface area contributed by atoms with Gasteiger partial charge in [-0.15, -0.1) is 0 Å². The number of nitrogens with one attached hydrogen (secondary N) is 3. The van der Waals surface area contributed by atoms with E-state index in [1.807, 2.05) is 62.5 Å². The molecule has 0 bridgehead atoms. The number of nitrogen functional groups attached to an aromatic ring is 1. The van der Waals surface area contributed by atoms with Gasteiger partial charge in [-0.3, -0.25) is 0 Å². The van der Waals surface area contributed by atoms with Crippen LogP contribution in [-0.4, -0.2) is 4.98 Å². The molecule has 5 N–H and O–H groups in total. The Kier molecular flexibility index (Phi) is 5.34. The maximum absolute atomic E-state index is 6.43. The van der Waals surface area contributed by atoms with Crippen LogP contribution in [0.5, 0.6) is 0 Å². The number of pyridine rings is 1. The van der Waals surface area contributed by atoms with E-state index in [0.717, 1.165) is 55.7 Å². The molecule has 4 nitrogen and oxygen atoms in total. The Hall–Kier alpha value is -3.50. The molecule has 0 spiro atoms. The Morgan fingerprint density at radius 3 is 2.73 bits per heavy atom. The molecule has 0 saturated carbocycles. The molecular formula is C25H24ClN4+. The first kappa shape index (κ1) is 19.8. The highest BCUT2D eigenvalue weighted by Crippen LogP contribution is 2.30. The Morgan fingerprint density at radius 1 is 1.17 bits per heavy atom. The van der Waals surface area contributed by atoms with Crippen molar-refractivity contribution in [3.8, 4) is 0 Å². The Bertz CT molecular complexity index is 1320. The van der Waals surface area contributed by atoms with E-state index in [1.165, 1.54) is 0 Å². The molecule has 2 aromatic carbocycles. The van der Waals surface area contributed by atoms with Gasteiger partial charge in [0.25, 0.3) is 0 Å². The van der Waals surface area contributed by atoms with Gasteiger partial charge >= 0.3 is 0 Å². The van der Waals surface area contributed by atoms with Crippen molar-refractivity contribution in [2.75, 3.05) is 11.1 Å². The van der Waals surface area contributed by atoms with E-state index in [0.29, 0.717) is 5.03 Å². The summed E-state index contributed by atoms with van der Waals surface area (Å²) in [6, 6.07) is 16.2. The molecule has 2 aromatic heterocycles. The lowest BCUT2D eigenvalue weighted by Gasteiger charge is -2.08. The van der Waals surface area contributed by atoms with Crippen LogP contribution < -0.4 is 16.0 Å². The number of hydrogen-bond acceptors (Lipinski definition) is 2. The molecule has 4 aromatic rings. The third-order valence-corrected chi connectivity index (χ3v) is 5.49. The number of benzene rings is 2. The van der Waals surface area contributed by atoms with Gasteiger partial charge in [-0.05, 0) is 55.1 Å². The van der Waals surface area contributed by atoms with Crippen molar-refractivity contribution in [3.05, 3.63) is 95.4 Å². The van der Waals surface area contributed by atoms with Crippen molar-refractivity contribution in [1.29, 1.82) is 0 Å². The number of fused-ring (bicyclic) bond motifs is 2. The van der Waals surface area contributed by atoms with Crippen molar-refractivity contribution >= 4 is 50.4 Å². The van der Waals surface area contributed by atoms with Crippen molar-refractivity contribution in [3.63, 3.8) is 0 Å². The first-order chi connectivity index (χ1) is 14.5. The number of aromatic nitrogens is 2. The zero-order valence-electron chi connectivity index (χ0n) is 17.0. The number of aryl methyl sites for hydroxylation is 1. The average Bonchev–Trinajstić information content (AvgIpc) is 3.16. The zero-order chi connectivity index (χ0) is 21.3. The Morgan fingerprint density at radius 2 is 1.97 bits per heavy atom. The second-order valence-corrected chi connectivity index (χ2v) is 7.65. The Labute approximate surface area is 180 Å². The fourth-order valence-electron chi connectivity index (χ4n) is 3.61. The number of halogens is 1. The molecule has 0 aliphatic rings. The van der Waals surface area contributed by atoms with Gasteiger partial charge in [-0.25, -0.2) is 4.98 Å². The fraction of sp³-hybridized carbons (Fsp3) is 0.0800. The van der Waals surface area contributed by atoms with Crippen LogP contribution in [-0.2, 0) is 0 Å². The van der Waals surface area contributed by atoms with Crippen molar-refractivity contribution in [2.45, 2.75) is 13.8 Å². The van der Waals surface area contributed by atoms with Crippen LogP contribution in [0.4, 0.5) is 11.5 Å². The molecule has 30 heavy (non-hydrogen) atoms. The predicted molar refractivity (Wildman–Crippen MR) is 128 cm³/mol.